The molecule has 1 aliphatic rings. The summed E-state index contributed by atoms with van der Waals surface area (Å²) in [5, 5.41) is 13.3. The van der Waals surface area contributed by atoms with Crippen LogP contribution >= 0.6 is 22.9 Å². The molecular weight excluding hydrogens is 282 g/mol. The van der Waals surface area contributed by atoms with E-state index in [1.54, 1.807) is 12.1 Å². The fourth-order valence-corrected chi connectivity index (χ4v) is 3.30. The zero-order valence-corrected chi connectivity index (χ0v) is 12.9. The van der Waals surface area contributed by atoms with Crippen molar-refractivity contribution in [2.75, 3.05) is 6.54 Å². The Balaban J connectivity index is 1.87. The number of aliphatic hydroxyl groups is 1. The summed E-state index contributed by atoms with van der Waals surface area (Å²) in [4.78, 5) is 12.5. The lowest BCUT2D eigenvalue weighted by Gasteiger charge is -2.40. The average Bonchev–Trinajstić information content (AvgIpc) is 2.78. The van der Waals surface area contributed by atoms with Crippen LogP contribution in [0.5, 0.6) is 0 Å². The third-order valence-electron chi connectivity index (χ3n) is 3.91. The molecule has 0 aromatic carbocycles. The largest absolute Gasteiger partial charge is 0.388 e. The third kappa shape index (κ3) is 3.94. The van der Waals surface area contributed by atoms with Crippen molar-refractivity contribution in [3.8, 4) is 0 Å². The highest BCUT2D eigenvalue weighted by Crippen LogP contribution is 2.39. The van der Waals surface area contributed by atoms with Gasteiger partial charge in [-0.3, -0.25) is 4.79 Å². The van der Waals surface area contributed by atoms with E-state index in [1.807, 2.05) is 0 Å². The lowest BCUT2D eigenvalue weighted by Crippen LogP contribution is -2.46. The maximum atomic E-state index is 11.9. The molecule has 1 aromatic heterocycles. The summed E-state index contributed by atoms with van der Waals surface area (Å²) in [7, 11) is 0. The first kappa shape index (κ1) is 14.8. The van der Waals surface area contributed by atoms with Gasteiger partial charge in [0.25, 0.3) is 5.91 Å². The molecule has 1 fully saturated rings. The van der Waals surface area contributed by atoms with Crippen LogP contribution in [0.1, 0.15) is 49.2 Å². The van der Waals surface area contributed by atoms with E-state index in [9.17, 15) is 9.90 Å². The second-order valence-corrected chi connectivity index (χ2v) is 7.89. The van der Waals surface area contributed by atoms with Gasteiger partial charge in [-0.1, -0.05) is 25.4 Å². The molecule has 0 radical (unpaired) electrons. The van der Waals surface area contributed by atoms with Crippen molar-refractivity contribution in [2.24, 2.45) is 5.41 Å². The van der Waals surface area contributed by atoms with Crippen LogP contribution < -0.4 is 5.32 Å². The monoisotopic (exact) mass is 301 g/mol. The fourth-order valence-electron chi connectivity index (χ4n) is 2.34. The van der Waals surface area contributed by atoms with Crippen LogP contribution in [0.3, 0.4) is 0 Å². The van der Waals surface area contributed by atoms with Crippen LogP contribution in [0.2, 0.25) is 4.34 Å². The Labute approximate surface area is 123 Å². The third-order valence-corrected chi connectivity index (χ3v) is 5.14. The van der Waals surface area contributed by atoms with Gasteiger partial charge >= 0.3 is 0 Å². The van der Waals surface area contributed by atoms with Crippen molar-refractivity contribution < 1.29 is 9.90 Å². The molecule has 0 spiro atoms. The zero-order valence-electron chi connectivity index (χ0n) is 11.3. The minimum atomic E-state index is -0.758. The van der Waals surface area contributed by atoms with Crippen LogP contribution in [0, 0.1) is 5.41 Å². The molecule has 0 saturated heterocycles. The number of rotatable bonds is 3. The maximum absolute atomic E-state index is 11.9. The number of nitrogens with one attached hydrogen (secondary N) is 1. The van der Waals surface area contributed by atoms with Crippen molar-refractivity contribution in [3.05, 3.63) is 21.3 Å². The molecule has 2 rings (SSSR count). The molecule has 1 heterocycles. The van der Waals surface area contributed by atoms with Gasteiger partial charge in [-0.15, -0.1) is 11.3 Å². The smallest absolute Gasteiger partial charge is 0.261 e. The maximum Gasteiger partial charge on any atom is 0.261 e. The number of thiophene rings is 1. The first-order valence-corrected chi connectivity index (χ1v) is 7.75. The van der Waals surface area contributed by atoms with Crippen LogP contribution in [-0.4, -0.2) is 23.2 Å². The lowest BCUT2D eigenvalue weighted by atomic mass is 9.71. The quantitative estimate of drug-likeness (QED) is 0.898. The van der Waals surface area contributed by atoms with Crippen LogP contribution in [0.4, 0.5) is 0 Å². The van der Waals surface area contributed by atoms with Gasteiger partial charge < -0.3 is 10.4 Å². The van der Waals surface area contributed by atoms with Crippen molar-refractivity contribution in [3.63, 3.8) is 0 Å². The van der Waals surface area contributed by atoms with E-state index in [0.717, 1.165) is 25.7 Å². The van der Waals surface area contributed by atoms with Gasteiger partial charge in [-0.2, -0.15) is 0 Å². The SMILES string of the molecule is CC1(C)CCC(O)(CNC(=O)c2ccc(Cl)s2)CC1. The molecule has 1 saturated carbocycles. The van der Waals surface area contributed by atoms with Crippen molar-refractivity contribution in [2.45, 2.75) is 45.1 Å². The summed E-state index contributed by atoms with van der Waals surface area (Å²) >= 11 is 7.05. The molecule has 1 aromatic rings. The van der Waals surface area contributed by atoms with Gasteiger partial charge in [0.1, 0.15) is 0 Å². The minimum Gasteiger partial charge on any atom is -0.388 e. The van der Waals surface area contributed by atoms with E-state index in [-0.39, 0.29) is 5.91 Å². The summed E-state index contributed by atoms with van der Waals surface area (Å²) in [6, 6.07) is 3.41. The molecule has 0 atom stereocenters. The Morgan fingerprint density at radius 3 is 2.53 bits per heavy atom. The molecule has 0 bridgehead atoms. The van der Waals surface area contributed by atoms with Crippen molar-refractivity contribution >= 4 is 28.8 Å². The van der Waals surface area contributed by atoms with Gasteiger partial charge in [0.15, 0.2) is 0 Å². The summed E-state index contributed by atoms with van der Waals surface area (Å²) in [6.07, 6.45) is 3.46. The Kier molecular flexibility index (Phi) is 4.23. The molecule has 0 aliphatic heterocycles. The van der Waals surface area contributed by atoms with E-state index in [2.05, 4.69) is 19.2 Å². The summed E-state index contributed by atoms with van der Waals surface area (Å²) < 4.78 is 0.600. The van der Waals surface area contributed by atoms with E-state index in [0.29, 0.717) is 21.2 Å². The number of hydrogen-bond acceptors (Lipinski definition) is 3. The van der Waals surface area contributed by atoms with E-state index in [1.165, 1.54) is 11.3 Å². The summed E-state index contributed by atoms with van der Waals surface area (Å²) in [5.41, 5.74) is -0.455. The predicted octanol–water partition coefficient (Wildman–Crippen LogP) is 3.46. The van der Waals surface area contributed by atoms with Crippen LogP contribution in [-0.2, 0) is 0 Å². The molecule has 19 heavy (non-hydrogen) atoms. The minimum absolute atomic E-state index is 0.157. The van der Waals surface area contributed by atoms with E-state index < -0.39 is 5.60 Å². The van der Waals surface area contributed by atoms with Gasteiger partial charge in [-0.25, -0.2) is 0 Å². The van der Waals surface area contributed by atoms with Gasteiger partial charge in [0.2, 0.25) is 0 Å². The predicted molar refractivity (Wildman–Crippen MR) is 78.9 cm³/mol. The molecule has 5 heteroatoms. The molecule has 2 N–H and O–H groups in total. The number of hydrogen-bond donors (Lipinski definition) is 2. The normalized spacial score (nSPS) is 21.1. The number of carbonyl (C=O) groups excluding carboxylic acids is 1. The molecule has 1 amide bonds. The van der Waals surface area contributed by atoms with Crippen molar-refractivity contribution in [1.82, 2.24) is 5.32 Å². The Hall–Kier alpha value is -0.580. The first-order chi connectivity index (χ1) is 8.80. The van der Waals surface area contributed by atoms with Gasteiger partial charge in [0, 0.05) is 6.54 Å². The van der Waals surface area contributed by atoms with Gasteiger partial charge in [0.05, 0.1) is 14.8 Å². The second-order valence-electron chi connectivity index (χ2n) is 6.17. The van der Waals surface area contributed by atoms with Crippen LogP contribution in [0.25, 0.3) is 0 Å². The zero-order chi connectivity index (χ0) is 14.1. The van der Waals surface area contributed by atoms with Crippen molar-refractivity contribution in [1.29, 1.82) is 0 Å². The van der Waals surface area contributed by atoms with E-state index >= 15 is 0 Å². The Morgan fingerprint density at radius 2 is 2.00 bits per heavy atom. The first-order valence-electron chi connectivity index (χ1n) is 6.56. The van der Waals surface area contributed by atoms with Crippen LogP contribution in [0.15, 0.2) is 12.1 Å². The summed E-state index contributed by atoms with van der Waals surface area (Å²) in [6.45, 7) is 4.76. The summed E-state index contributed by atoms with van der Waals surface area (Å²) in [5.74, 6) is -0.157. The number of amides is 1. The molecule has 106 valence electrons. The molecule has 1 aliphatic carbocycles. The standard InChI is InChI=1S/C14H20ClNO2S/c1-13(2)5-7-14(18,8-6-13)9-16-12(17)10-3-4-11(15)19-10/h3-4,18H,5-9H2,1-2H3,(H,16,17). The lowest BCUT2D eigenvalue weighted by molar-refractivity contribution is -0.0232. The highest BCUT2D eigenvalue weighted by Gasteiger charge is 2.36. The fraction of sp³-hybridized carbons (Fsp3) is 0.643. The number of carbonyl (C=O) groups is 1. The number of halogens is 1. The average molecular weight is 302 g/mol. The molecule has 3 nitrogen and oxygen atoms in total. The van der Waals surface area contributed by atoms with E-state index in [4.69, 9.17) is 11.6 Å². The Morgan fingerprint density at radius 1 is 1.37 bits per heavy atom. The molecular formula is C14H20ClNO2S. The second kappa shape index (κ2) is 5.43. The van der Waals surface area contributed by atoms with Gasteiger partial charge in [-0.05, 0) is 43.2 Å². The highest BCUT2D eigenvalue weighted by molar-refractivity contribution is 7.17. The highest BCUT2D eigenvalue weighted by atomic mass is 35.5. The topological polar surface area (TPSA) is 49.3 Å². The molecule has 0 unspecified atom stereocenters. The Bertz CT molecular complexity index is 460.